The summed E-state index contributed by atoms with van der Waals surface area (Å²) >= 11 is 0. The molecule has 0 aromatic heterocycles. The molecular formula is C26H23NO4. The van der Waals surface area contributed by atoms with Gasteiger partial charge in [0, 0.05) is 24.2 Å². The minimum Gasteiger partial charge on any atom is -0.497 e. The third-order valence-electron chi connectivity index (χ3n) is 5.64. The van der Waals surface area contributed by atoms with Gasteiger partial charge < -0.3 is 14.2 Å². The summed E-state index contributed by atoms with van der Waals surface area (Å²) in [7, 11) is 1.62. The number of fused-ring (bicyclic) bond motifs is 2. The highest BCUT2D eigenvalue weighted by Gasteiger charge is 2.33. The third kappa shape index (κ3) is 3.68. The Bertz CT molecular complexity index is 1180. The number of allylic oxidation sites excluding steroid dienone is 1. The van der Waals surface area contributed by atoms with Crippen LogP contribution in [0.4, 0.5) is 0 Å². The van der Waals surface area contributed by atoms with E-state index in [4.69, 9.17) is 14.2 Å². The molecular weight excluding hydrogens is 390 g/mol. The van der Waals surface area contributed by atoms with Gasteiger partial charge in [0.2, 0.25) is 5.78 Å². The van der Waals surface area contributed by atoms with Gasteiger partial charge in [-0.15, -0.1) is 0 Å². The van der Waals surface area contributed by atoms with E-state index in [9.17, 15) is 4.79 Å². The molecule has 0 radical (unpaired) electrons. The van der Waals surface area contributed by atoms with Crippen molar-refractivity contribution < 1.29 is 19.0 Å². The first-order valence-corrected chi connectivity index (χ1v) is 10.3. The molecule has 0 aliphatic carbocycles. The maximum Gasteiger partial charge on any atom is 0.231 e. The highest BCUT2D eigenvalue weighted by Crippen LogP contribution is 2.43. The van der Waals surface area contributed by atoms with Crippen LogP contribution >= 0.6 is 0 Å². The van der Waals surface area contributed by atoms with Gasteiger partial charge in [-0.1, -0.05) is 42.5 Å². The van der Waals surface area contributed by atoms with Crippen molar-refractivity contribution in [2.24, 2.45) is 0 Å². The molecule has 3 aromatic carbocycles. The average Bonchev–Trinajstić information content (AvgIpc) is 3.10. The minimum absolute atomic E-state index is 0.107. The van der Waals surface area contributed by atoms with Crippen LogP contribution in [0.5, 0.6) is 17.2 Å². The van der Waals surface area contributed by atoms with E-state index in [0.717, 1.165) is 41.3 Å². The van der Waals surface area contributed by atoms with Gasteiger partial charge in [-0.2, -0.15) is 0 Å². The van der Waals surface area contributed by atoms with Crippen LogP contribution in [-0.4, -0.2) is 24.5 Å². The summed E-state index contributed by atoms with van der Waals surface area (Å²) in [6, 6.07) is 19.8. The van der Waals surface area contributed by atoms with Gasteiger partial charge in [0.25, 0.3) is 0 Å². The Morgan fingerprint density at radius 2 is 1.90 bits per heavy atom. The number of methoxy groups -OCH3 is 1. The first-order valence-electron chi connectivity index (χ1n) is 10.3. The van der Waals surface area contributed by atoms with Gasteiger partial charge in [0.15, 0.2) is 5.76 Å². The van der Waals surface area contributed by atoms with Gasteiger partial charge in [-0.25, -0.2) is 0 Å². The number of benzene rings is 3. The van der Waals surface area contributed by atoms with Crippen molar-refractivity contribution in [3.8, 4) is 17.2 Å². The summed E-state index contributed by atoms with van der Waals surface area (Å²) in [5.41, 5.74) is 4.56. The Morgan fingerprint density at radius 3 is 2.71 bits per heavy atom. The van der Waals surface area contributed by atoms with Crippen molar-refractivity contribution in [2.45, 2.75) is 20.0 Å². The molecule has 0 spiro atoms. The fraction of sp³-hybridized carbons (Fsp3) is 0.192. The first-order chi connectivity index (χ1) is 15.1. The molecule has 156 valence electrons. The smallest absolute Gasteiger partial charge is 0.231 e. The fourth-order valence-electron chi connectivity index (χ4n) is 4.12. The second-order valence-corrected chi connectivity index (χ2v) is 7.83. The minimum atomic E-state index is -0.107. The van der Waals surface area contributed by atoms with Crippen molar-refractivity contribution in [1.82, 2.24) is 4.90 Å². The molecule has 2 aliphatic heterocycles. The SMILES string of the molecule is COc1cccc(/C=C2\Oc3c(cc4c(c3C)OCN(Cc3ccccc3)C4)C2=O)c1. The Morgan fingerprint density at radius 1 is 1.06 bits per heavy atom. The second-order valence-electron chi connectivity index (χ2n) is 7.83. The molecule has 0 atom stereocenters. The lowest BCUT2D eigenvalue weighted by Gasteiger charge is -2.30. The lowest BCUT2D eigenvalue weighted by molar-refractivity contribution is 0.0876. The molecule has 31 heavy (non-hydrogen) atoms. The van der Waals surface area contributed by atoms with Gasteiger partial charge in [0.1, 0.15) is 24.0 Å². The van der Waals surface area contributed by atoms with Crippen molar-refractivity contribution >= 4 is 11.9 Å². The zero-order chi connectivity index (χ0) is 21.4. The van der Waals surface area contributed by atoms with Crippen molar-refractivity contribution in [3.05, 3.63) is 94.2 Å². The first kappa shape index (κ1) is 19.4. The normalized spacial score (nSPS) is 16.5. The summed E-state index contributed by atoms with van der Waals surface area (Å²) in [6.45, 7) is 3.97. The summed E-state index contributed by atoms with van der Waals surface area (Å²) in [4.78, 5) is 15.3. The van der Waals surface area contributed by atoms with Crippen molar-refractivity contribution in [1.29, 1.82) is 0 Å². The van der Waals surface area contributed by atoms with Gasteiger partial charge in [0.05, 0.1) is 12.7 Å². The van der Waals surface area contributed by atoms with Crippen molar-refractivity contribution in [3.63, 3.8) is 0 Å². The van der Waals surface area contributed by atoms with E-state index in [1.54, 1.807) is 13.2 Å². The van der Waals surface area contributed by atoms with Gasteiger partial charge in [-0.05, 0) is 42.3 Å². The fourth-order valence-corrected chi connectivity index (χ4v) is 4.12. The molecule has 2 heterocycles. The number of Topliss-reactive ketones (excluding diaryl/α,β-unsaturated/α-hetero) is 1. The molecule has 5 heteroatoms. The highest BCUT2D eigenvalue weighted by atomic mass is 16.5. The second kappa shape index (κ2) is 7.93. The standard InChI is InChI=1S/C26H23NO4/c1-17-25-20(15-27(16-30-25)14-18-7-4-3-5-8-18)13-22-24(28)23(31-26(17)22)12-19-9-6-10-21(11-19)29-2/h3-13H,14-16H2,1-2H3/b23-12-. The predicted octanol–water partition coefficient (Wildman–Crippen LogP) is 4.97. The van der Waals surface area contributed by atoms with Crippen LogP contribution in [0, 0.1) is 6.92 Å². The largest absolute Gasteiger partial charge is 0.497 e. The molecule has 3 aromatic rings. The van der Waals surface area contributed by atoms with E-state index < -0.39 is 0 Å². The number of hydrogen-bond donors (Lipinski definition) is 0. The third-order valence-corrected chi connectivity index (χ3v) is 5.64. The Labute approximate surface area is 181 Å². The molecule has 5 nitrogen and oxygen atoms in total. The van der Waals surface area contributed by atoms with Crippen LogP contribution in [0.1, 0.15) is 32.6 Å². The van der Waals surface area contributed by atoms with Crippen LogP contribution in [-0.2, 0) is 13.1 Å². The molecule has 0 N–H and O–H groups in total. The maximum atomic E-state index is 13.1. The molecule has 0 bridgehead atoms. The number of ether oxygens (including phenoxy) is 3. The molecule has 0 amide bonds. The Kier molecular flexibility index (Phi) is 4.96. The molecule has 0 fully saturated rings. The number of rotatable bonds is 4. The lowest BCUT2D eigenvalue weighted by atomic mass is 10.00. The summed E-state index contributed by atoms with van der Waals surface area (Å²) in [5.74, 6) is 2.35. The van der Waals surface area contributed by atoms with E-state index in [1.165, 1.54) is 5.56 Å². The van der Waals surface area contributed by atoms with Gasteiger partial charge >= 0.3 is 0 Å². The molecule has 5 rings (SSSR count). The number of hydrogen-bond acceptors (Lipinski definition) is 5. The zero-order valence-corrected chi connectivity index (χ0v) is 17.6. The van der Waals surface area contributed by atoms with E-state index in [2.05, 4.69) is 17.0 Å². The van der Waals surface area contributed by atoms with E-state index in [0.29, 0.717) is 23.8 Å². The van der Waals surface area contributed by atoms with Crippen LogP contribution in [0.15, 0.2) is 66.4 Å². The molecule has 0 unspecified atom stereocenters. The maximum absolute atomic E-state index is 13.1. The van der Waals surface area contributed by atoms with Crippen LogP contribution < -0.4 is 14.2 Å². The summed E-state index contributed by atoms with van der Waals surface area (Å²) in [6.07, 6.45) is 1.76. The summed E-state index contributed by atoms with van der Waals surface area (Å²) < 4.78 is 17.3. The lowest BCUT2D eigenvalue weighted by Crippen LogP contribution is -2.32. The van der Waals surface area contributed by atoms with Crippen LogP contribution in [0.3, 0.4) is 0 Å². The predicted molar refractivity (Wildman–Crippen MR) is 118 cm³/mol. The Balaban J connectivity index is 1.43. The topological polar surface area (TPSA) is 48.0 Å². The summed E-state index contributed by atoms with van der Waals surface area (Å²) in [5, 5.41) is 0. The van der Waals surface area contributed by atoms with Gasteiger partial charge in [-0.3, -0.25) is 9.69 Å². The quantitative estimate of drug-likeness (QED) is 0.565. The molecule has 2 aliphatic rings. The molecule has 0 saturated carbocycles. The number of ketones is 1. The monoisotopic (exact) mass is 413 g/mol. The number of carbonyl (C=O) groups is 1. The number of carbonyl (C=O) groups excluding carboxylic acids is 1. The van der Waals surface area contributed by atoms with Crippen LogP contribution in [0.2, 0.25) is 0 Å². The van der Waals surface area contributed by atoms with E-state index >= 15 is 0 Å². The molecule has 0 saturated heterocycles. The average molecular weight is 413 g/mol. The zero-order valence-electron chi connectivity index (χ0n) is 17.6. The van der Waals surface area contributed by atoms with Crippen molar-refractivity contribution in [2.75, 3.05) is 13.8 Å². The Hall–Kier alpha value is -3.57. The van der Waals surface area contributed by atoms with Crippen LogP contribution in [0.25, 0.3) is 6.08 Å². The van der Waals surface area contributed by atoms with E-state index in [-0.39, 0.29) is 5.78 Å². The number of nitrogens with zero attached hydrogens (tertiary/aromatic N) is 1. The van der Waals surface area contributed by atoms with E-state index in [1.807, 2.05) is 55.5 Å². The highest BCUT2D eigenvalue weighted by molar-refractivity contribution is 6.15.